The molecule has 3 saturated heterocycles. The van der Waals surface area contributed by atoms with Gasteiger partial charge in [0, 0.05) is 35.9 Å². The minimum atomic E-state index is -1.00. The lowest BCUT2D eigenvalue weighted by atomic mass is 9.71. The van der Waals surface area contributed by atoms with Crippen molar-refractivity contribution >= 4 is 10.9 Å². The topological polar surface area (TPSA) is 62.6 Å². The number of nitrogens with zero attached hydrogens (tertiary/aromatic N) is 2. The number of ether oxygens (including phenoxy) is 1. The van der Waals surface area contributed by atoms with Gasteiger partial charge in [0.1, 0.15) is 30.5 Å². The highest BCUT2D eigenvalue weighted by molar-refractivity contribution is 5.83. The lowest BCUT2D eigenvalue weighted by Gasteiger charge is -2.58. The molecule has 2 N–H and O–H groups in total. The van der Waals surface area contributed by atoms with Gasteiger partial charge >= 0.3 is 0 Å². The van der Waals surface area contributed by atoms with Crippen molar-refractivity contribution in [1.29, 1.82) is 0 Å². The van der Waals surface area contributed by atoms with Crippen molar-refractivity contribution in [3.05, 3.63) is 84.6 Å². The molecular formula is C28H33N2O3+. The molecule has 6 atom stereocenters. The molecule has 1 aromatic heterocycles. The Hall–Kier alpha value is -2.73. The number of hydrogen-bond donors (Lipinski definition) is 2. The average Bonchev–Trinajstić information content (AvgIpc) is 2.87. The molecule has 2 unspecified atom stereocenters. The summed E-state index contributed by atoms with van der Waals surface area (Å²) in [6.45, 7) is 6.94. The van der Waals surface area contributed by atoms with Crippen LogP contribution in [-0.4, -0.2) is 52.0 Å². The zero-order valence-corrected chi connectivity index (χ0v) is 19.2. The molecule has 5 heteroatoms. The van der Waals surface area contributed by atoms with Crippen molar-refractivity contribution in [2.45, 2.75) is 37.6 Å². The molecule has 0 amide bonds. The first-order valence-corrected chi connectivity index (χ1v) is 11.9. The van der Waals surface area contributed by atoms with E-state index < -0.39 is 12.2 Å². The minimum Gasteiger partial charge on any atom is -0.497 e. The first kappa shape index (κ1) is 22.1. The maximum atomic E-state index is 11.7. The first-order chi connectivity index (χ1) is 16.0. The molecule has 0 saturated carbocycles. The average molecular weight is 446 g/mol. The van der Waals surface area contributed by atoms with Crippen molar-refractivity contribution in [2.75, 3.05) is 20.2 Å². The lowest BCUT2D eigenvalue weighted by Crippen LogP contribution is -2.69. The summed E-state index contributed by atoms with van der Waals surface area (Å²) in [7, 11) is 1.63. The number of aliphatic hydroxyl groups is 2. The summed E-state index contributed by atoms with van der Waals surface area (Å²) in [5.74, 6) is 1.67. The third-order valence-electron chi connectivity index (χ3n) is 8.03. The van der Waals surface area contributed by atoms with Gasteiger partial charge in [0.2, 0.25) is 0 Å². The summed E-state index contributed by atoms with van der Waals surface area (Å²) in [5, 5.41) is 24.0. The first-order valence-electron chi connectivity index (χ1n) is 11.9. The van der Waals surface area contributed by atoms with Crippen LogP contribution in [0.3, 0.4) is 0 Å². The maximum Gasteiger partial charge on any atom is 0.136 e. The van der Waals surface area contributed by atoms with E-state index in [4.69, 9.17) is 4.74 Å². The Morgan fingerprint density at radius 3 is 2.76 bits per heavy atom. The van der Waals surface area contributed by atoms with Crippen LogP contribution in [0.5, 0.6) is 5.75 Å². The van der Waals surface area contributed by atoms with Gasteiger partial charge < -0.3 is 19.4 Å². The second-order valence-corrected chi connectivity index (χ2v) is 9.74. The van der Waals surface area contributed by atoms with Crippen LogP contribution >= 0.6 is 0 Å². The van der Waals surface area contributed by atoms with Gasteiger partial charge in [-0.05, 0) is 35.7 Å². The summed E-state index contributed by atoms with van der Waals surface area (Å²) in [6.07, 6.45) is 3.96. The Bertz CT molecular complexity index is 1130. The van der Waals surface area contributed by atoms with Gasteiger partial charge in [-0.15, -0.1) is 6.58 Å². The predicted molar refractivity (Wildman–Crippen MR) is 130 cm³/mol. The third-order valence-corrected chi connectivity index (χ3v) is 8.03. The Kier molecular flexibility index (Phi) is 5.95. The van der Waals surface area contributed by atoms with E-state index in [9.17, 15) is 10.2 Å². The molecular weight excluding hydrogens is 412 g/mol. The van der Waals surface area contributed by atoms with Crippen LogP contribution in [0, 0.1) is 11.8 Å². The van der Waals surface area contributed by atoms with Crippen LogP contribution in [0.15, 0.2) is 73.4 Å². The molecule has 2 aromatic carbocycles. The maximum absolute atomic E-state index is 11.7. The summed E-state index contributed by atoms with van der Waals surface area (Å²) in [5.41, 5.74) is 2.75. The quantitative estimate of drug-likeness (QED) is 0.422. The van der Waals surface area contributed by atoms with Crippen molar-refractivity contribution in [3.63, 3.8) is 0 Å². The number of benzene rings is 2. The molecule has 3 fully saturated rings. The number of hydrogen-bond acceptors (Lipinski definition) is 4. The summed E-state index contributed by atoms with van der Waals surface area (Å²) in [6, 6.07) is 17.9. The van der Waals surface area contributed by atoms with Crippen molar-refractivity contribution < 1.29 is 19.4 Å². The summed E-state index contributed by atoms with van der Waals surface area (Å²) in [4.78, 5) is 4.44. The number of aromatic nitrogens is 1. The van der Waals surface area contributed by atoms with Crippen molar-refractivity contribution in [3.8, 4) is 5.75 Å². The fourth-order valence-corrected chi connectivity index (χ4v) is 6.29. The molecule has 3 aliphatic rings. The largest absolute Gasteiger partial charge is 0.497 e. The highest BCUT2D eigenvalue weighted by Crippen LogP contribution is 2.46. The van der Waals surface area contributed by atoms with Crippen molar-refractivity contribution in [1.82, 2.24) is 4.98 Å². The van der Waals surface area contributed by atoms with Gasteiger partial charge in [0.25, 0.3) is 0 Å². The number of fused-ring (bicyclic) bond motifs is 4. The van der Waals surface area contributed by atoms with Gasteiger partial charge in [0.15, 0.2) is 0 Å². The number of methoxy groups -OCH3 is 1. The Morgan fingerprint density at radius 1 is 1.18 bits per heavy atom. The van der Waals surface area contributed by atoms with Crippen LogP contribution in [0.1, 0.15) is 30.1 Å². The van der Waals surface area contributed by atoms with Gasteiger partial charge in [0.05, 0.1) is 25.7 Å². The van der Waals surface area contributed by atoms with Crippen LogP contribution in [0.2, 0.25) is 0 Å². The standard InChI is InChI=1S/C28H33N2O3/c1-3-20-18-30(17-19-7-5-4-6-8-19)14-12-21(20)15-26(30)28(32)27(31)23-11-13-29-25-10-9-22(33-2)16-24(23)25/h3-11,13,16,20-21,26-28,31-32H,1,12,14-15,17-18H2,2H3/q+1/t20?,21-,26+,27?,28-,30+/m0/s1. The number of aliphatic hydroxyl groups excluding tert-OH is 2. The zero-order valence-electron chi connectivity index (χ0n) is 19.2. The zero-order chi connectivity index (χ0) is 23.0. The van der Waals surface area contributed by atoms with E-state index in [1.165, 1.54) is 5.56 Å². The molecule has 0 spiro atoms. The Morgan fingerprint density at radius 2 is 2.00 bits per heavy atom. The lowest BCUT2D eigenvalue weighted by molar-refractivity contribution is -0.984. The van der Waals surface area contributed by atoms with E-state index >= 15 is 0 Å². The summed E-state index contributed by atoms with van der Waals surface area (Å²) < 4.78 is 6.19. The molecule has 4 heterocycles. The van der Waals surface area contributed by atoms with E-state index in [1.807, 2.05) is 30.3 Å². The van der Waals surface area contributed by atoms with Gasteiger partial charge in [-0.2, -0.15) is 0 Å². The van der Waals surface area contributed by atoms with Crippen LogP contribution in [0.25, 0.3) is 10.9 Å². The third kappa shape index (κ3) is 3.95. The predicted octanol–water partition coefficient (Wildman–Crippen LogP) is 4.25. The SMILES string of the molecule is C=CC1C[N@+]2(Cc3ccccc3)CC[C@H]1C[C@@H]2[C@H](O)C(O)c1ccnc2ccc(OC)cc12. The van der Waals surface area contributed by atoms with E-state index in [1.54, 1.807) is 13.3 Å². The normalized spacial score (nSPS) is 28.4. The molecule has 172 valence electrons. The molecule has 2 bridgehead atoms. The Labute approximate surface area is 195 Å². The second-order valence-electron chi connectivity index (χ2n) is 9.74. The van der Waals surface area contributed by atoms with E-state index in [-0.39, 0.29) is 6.04 Å². The van der Waals surface area contributed by atoms with Crippen LogP contribution in [-0.2, 0) is 6.54 Å². The summed E-state index contributed by atoms with van der Waals surface area (Å²) >= 11 is 0. The number of rotatable bonds is 7. The monoisotopic (exact) mass is 445 g/mol. The van der Waals surface area contributed by atoms with E-state index in [0.717, 1.165) is 47.9 Å². The molecule has 0 radical (unpaired) electrons. The molecule has 0 aliphatic carbocycles. The number of quaternary nitrogens is 1. The second kappa shape index (κ2) is 8.90. The molecule has 6 rings (SSSR count). The number of piperidine rings is 3. The van der Waals surface area contributed by atoms with Crippen LogP contribution in [0.4, 0.5) is 0 Å². The van der Waals surface area contributed by atoms with Gasteiger partial charge in [-0.25, -0.2) is 0 Å². The fraction of sp³-hybridized carbons (Fsp3) is 0.393. The van der Waals surface area contributed by atoms with Gasteiger partial charge in [-0.1, -0.05) is 36.4 Å². The van der Waals surface area contributed by atoms with Gasteiger partial charge in [-0.3, -0.25) is 4.98 Å². The van der Waals surface area contributed by atoms with E-state index in [0.29, 0.717) is 23.1 Å². The molecule has 33 heavy (non-hydrogen) atoms. The molecule has 3 aromatic rings. The molecule has 5 nitrogen and oxygen atoms in total. The highest BCUT2D eigenvalue weighted by atomic mass is 16.5. The smallest absolute Gasteiger partial charge is 0.136 e. The fourth-order valence-electron chi connectivity index (χ4n) is 6.29. The number of pyridine rings is 1. The van der Waals surface area contributed by atoms with E-state index in [2.05, 4.69) is 41.9 Å². The Balaban J connectivity index is 1.51. The highest BCUT2D eigenvalue weighted by Gasteiger charge is 2.54. The van der Waals surface area contributed by atoms with Crippen molar-refractivity contribution in [2.24, 2.45) is 11.8 Å². The minimum absolute atomic E-state index is 0.0380. The molecule has 3 aliphatic heterocycles. The van der Waals surface area contributed by atoms with Crippen LogP contribution < -0.4 is 4.74 Å².